The van der Waals surface area contributed by atoms with Gasteiger partial charge in [-0.15, -0.1) is 0 Å². The number of hydrogen-bond acceptors (Lipinski definition) is 3. The number of aliphatic hydroxyl groups excluding tert-OH is 1. The van der Waals surface area contributed by atoms with Gasteiger partial charge in [0.15, 0.2) is 0 Å². The number of carbonyl (C=O) groups is 2. The highest BCUT2D eigenvalue weighted by Crippen LogP contribution is 2.30. The highest BCUT2D eigenvalue weighted by Gasteiger charge is 2.31. The van der Waals surface area contributed by atoms with Crippen LogP contribution in [0.3, 0.4) is 0 Å². The summed E-state index contributed by atoms with van der Waals surface area (Å²) in [5.41, 5.74) is 2.01. The molecule has 0 aliphatic heterocycles. The van der Waals surface area contributed by atoms with E-state index in [0.717, 1.165) is 17.5 Å². The van der Waals surface area contributed by atoms with Crippen molar-refractivity contribution >= 4 is 11.8 Å². The largest absolute Gasteiger partial charge is 0.390 e. The highest BCUT2D eigenvalue weighted by molar-refractivity contribution is 5.85. The number of hydrogen-bond donors (Lipinski definition) is 3. The van der Waals surface area contributed by atoms with Crippen LogP contribution in [0, 0.1) is 5.92 Å². The number of aliphatic hydroxyl groups is 1. The van der Waals surface area contributed by atoms with Crippen molar-refractivity contribution in [1.82, 2.24) is 10.6 Å². The van der Waals surface area contributed by atoms with Crippen LogP contribution in [-0.4, -0.2) is 29.6 Å². The lowest BCUT2D eigenvalue weighted by molar-refractivity contribution is -0.127. The number of carbonyl (C=O) groups excluding carboxylic acids is 2. The van der Waals surface area contributed by atoms with Crippen molar-refractivity contribution in [2.24, 2.45) is 5.92 Å². The molecular formula is C17H24N2O3. The van der Waals surface area contributed by atoms with Gasteiger partial charge in [-0.2, -0.15) is 0 Å². The average Bonchev–Trinajstić information content (AvgIpc) is 2.79. The average molecular weight is 304 g/mol. The molecule has 5 heteroatoms. The zero-order valence-corrected chi connectivity index (χ0v) is 13.1. The summed E-state index contributed by atoms with van der Waals surface area (Å²) in [4.78, 5) is 23.6. The van der Waals surface area contributed by atoms with Gasteiger partial charge in [0.1, 0.15) is 0 Å². The van der Waals surface area contributed by atoms with E-state index in [1.165, 1.54) is 0 Å². The SMILES string of the molecule is CC(C)CCC(=O)NCC(=O)N[C@H]1c2ccccc2C[C@H]1O. The molecule has 0 saturated carbocycles. The van der Waals surface area contributed by atoms with Crippen LogP contribution in [0.1, 0.15) is 43.9 Å². The summed E-state index contributed by atoms with van der Waals surface area (Å²) in [5, 5.41) is 15.5. The zero-order chi connectivity index (χ0) is 16.1. The number of fused-ring (bicyclic) bond motifs is 1. The second-order valence-corrected chi connectivity index (χ2v) is 6.22. The second kappa shape index (κ2) is 7.40. The van der Waals surface area contributed by atoms with Crippen LogP contribution < -0.4 is 10.6 Å². The van der Waals surface area contributed by atoms with Crippen molar-refractivity contribution in [3.8, 4) is 0 Å². The molecule has 1 aromatic carbocycles. The first-order valence-corrected chi connectivity index (χ1v) is 7.79. The monoisotopic (exact) mass is 304 g/mol. The predicted molar refractivity (Wildman–Crippen MR) is 84.1 cm³/mol. The summed E-state index contributed by atoms with van der Waals surface area (Å²) in [6.45, 7) is 4.06. The molecule has 0 unspecified atom stereocenters. The summed E-state index contributed by atoms with van der Waals surface area (Å²) in [5.74, 6) is 0.0691. The third kappa shape index (κ3) is 4.31. The van der Waals surface area contributed by atoms with Crippen LogP contribution in [-0.2, 0) is 16.0 Å². The molecule has 0 bridgehead atoms. The van der Waals surface area contributed by atoms with E-state index >= 15 is 0 Å². The van der Waals surface area contributed by atoms with E-state index in [2.05, 4.69) is 24.5 Å². The summed E-state index contributed by atoms with van der Waals surface area (Å²) in [6.07, 6.45) is 1.17. The van der Waals surface area contributed by atoms with E-state index < -0.39 is 12.1 Å². The van der Waals surface area contributed by atoms with Gasteiger partial charge >= 0.3 is 0 Å². The van der Waals surface area contributed by atoms with E-state index in [1.54, 1.807) is 0 Å². The fourth-order valence-corrected chi connectivity index (χ4v) is 2.66. The molecular weight excluding hydrogens is 280 g/mol. The van der Waals surface area contributed by atoms with E-state index in [4.69, 9.17) is 0 Å². The molecule has 1 aliphatic rings. The minimum absolute atomic E-state index is 0.0533. The van der Waals surface area contributed by atoms with Gasteiger partial charge in [0.25, 0.3) is 0 Å². The Morgan fingerprint density at radius 2 is 2.00 bits per heavy atom. The molecule has 0 spiro atoms. The minimum Gasteiger partial charge on any atom is -0.390 e. The van der Waals surface area contributed by atoms with Crippen molar-refractivity contribution in [3.63, 3.8) is 0 Å². The third-order valence-electron chi connectivity index (χ3n) is 3.92. The van der Waals surface area contributed by atoms with Crippen molar-refractivity contribution in [1.29, 1.82) is 0 Å². The number of benzene rings is 1. The molecule has 0 heterocycles. The zero-order valence-electron chi connectivity index (χ0n) is 13.1. The van der Waals surface area contributed by atoms with E-state index in [-0.39, 0.29) is 18.4 Å². The Hall–Kier alpha value is -1.88. The van der Waals surface area contributed by atoms with Gasteiger partial charge in [0, 0.05) is 12.8 Å². The number of rotatable bonds is 6. The molecule has 2 amide bonds. The maximum Gasteiger partial charge on any atom is 0.239 e. The van der Waals surface area contributed by atoms with Crippen molar-refractivity contribution < 1.29 is 14.7 Å². The third-order valence-corrected chi connectivity index (χ3v) is 3.92. The van der Waals surface area contributed by atoms with Gasteiger partial charge in [0.2, 0.25) is 11.8 Å². The maximum absolute atomic E-state index is 12.0. The number of amides is 2. The fourth-order valence-electron chi connectivity index (χ4n) is 2.66. The Labute approximate surface area is 131 Å². The van der Waals surface area contributed by atoms with Crippen LogP contribution in [0.15, 0.2) is 24.3 Å². The lowest BCUT2D eigenvalue weighted by Gasteiger charge is -2.18. The molecule has 3 N–H and O–H groups in total. The van der Waals surface area contributed by atoms with E-state index in [1.807, 2.05) is 24.3 Å². The molecule has 120 valence electrons. The summed E-state index contributed by atoms with van der Waals surface area (Å²) >= 11 is 0. The second-order valence-electron chi connectivity index (χ2n) is 6.22. The predicted octanol–water partition coefficient (Wildman–Crippen LogP) is 1.31. The Kier molecular flexibility index (Phi) is 5.55. The lowest BCUT2D eigenvalue weighted by Crippen LogP contribution is -2.41. The van der Waals surface area contributed by atoms with Gasteiger partial charge in [-0.25, -0.2) is 0 Å². The first-order valence-electron chi connectivity index (χ1n) is 7.79. The maximum atomic E-state index is 12.0. The molecule has 0 radical (unpaired) electrons. The summed E-state index contributed by atoms with van der Waals surface area (Å²) in [7, 11) is 0. The smallest absolute Gasteiger partial charge is 0.239 e. The molecule has 1 aromatic rings. The molecule has 0 fully saturated rings. The van der Waals surface area contributed by atoms with Crippen molar-refractivity contribution in [3.05, 3.63) is 35.4 Å². The first kappa shape index (κ1) is 16.5. The summed E-state index contributed by atoms with van der Waals surface area (Å²) < 4.78 is 0. The van der Waals surface area contributed by atoms with Crippen LogP contribution >= 0.6 is 0 Å². The Morgan fingerprint density at radius 3 is 2.73 bits per heavy atom. The highest BCUT2D eigenvalue weighted by atomic mass is 16.3. The van der Waals surface area contributed by atoms with Crippen molar-refractivity contribution in [2.75, 3.05) is 6.54 Å². The van der Waals surface area contributed by atoms with E-state index in [9.17, 15) is 14.7 Å². The molecule has 0 saturated heterocycles. The van der Waals surface area contributed by atoms with Gasteiger partial charge < -0.3 is 15.7 Å². The van der Waals surface area contributed by atoms with Crippen molar-refractivity contribution in [2.45, 2.75) is 45.3 Å². The quantitative estimate of drug-likeness (QED) is 0.741. The Bertz CT molecular complexity index is 542. The Balaban J connectivity index is 1.81. The van der Waals surface area contributed by atoms with Crippen LogP contribution in [0.2, 0.25) is 0 Å². The topological polar surface area (TPSA) is 78.4 Å². The lowest BCUT2D eigenvalue weighted by atomic mass is 10.1. The fraction of sp³-hybridized carbons (Fsp3) is 0.529. The first-order chi connectivity index (χ1) is 10.5. The van der Waals surface area contributed by atoms with Gasteiger partial charge in [0.05, 0.1) is 18.7 Å². The van der Waals surface area contributed by atoms with Crippen LogP contribution in [0.5, 0.6) is 0 Å². The van der Waals surface area contributed by atoms with Gasteiger partial charge in [-0.1, -0.05) is 38.1 Å². The molecule has 1 aliphatic carbocycles. The standard InChI is InChI=1S/C17H24N2O3/c1-11(2)7-8-15(21)18-10-16(22)19-17-13-6-4-3-5-12(13)9-14(17)20/h3-6,11,14,17,20H,7-10H2,1-2H3,(H,18,21)(H,19,22)/t14-,17+/m1/s1. The molecule has 5 nitrogen and oxygen atoms in total. The Morgan fingerprint density at radius 1 is 1.27 bits per heavy atom. The normalized spacial score (nSPS) is 19.8. The molecule has 2 atom stereocenters. The van der Waals surface area contributed by atoms with Gasteiger partial charge in [-0.05, 0) is 23.5 Å². The molecule has 0 aromatic heterocycles. The van der Waals surface area contributed by atoms with E-state index in [0.29, 0.717) is 18.8 Å². The minimum atomic E-state index is -0.613. The van der Waals surface area contributed by atoms with Crippen LogP contribution in [0.25, 0.3) is 0 Å². The van der Waals surface area contributed by atoms with Crippen LogP contribution in [0.4, 0.5) is 0 Å². The number of nitrogens with one attached hydrogen (secondary N) is 2. The van der Waals surface area contributed by atoms with Gasteiger partial charge in [-0.3, -0.25) is 9.59 Å². The molecule has 2 rings (SSSR count). The molecule has 22 heavy (non-hydrogen) atoms. The summed E-state index contributed by atoms with van der Waals surface area (Å²) in [6, 6.07) is 7.29.